The number of anilines is 1. The van der Waals surface area contributed by atoms with E-state index >= 15 is 0 Å². The predicted molar refractivity (Wildman–Crippen MR) is 133 cm³/mol. The summed E-state index contributed by atoms with van der Waals surface area (Å²) < 4.78 is 12.7. The number of nitrogens with zero attached hydrogens (tertiary/aromatic N) is 3. The van der Waals surface area contributed by atoms with Gasteiger partial charge in [-0.25, -0.2) is 4.79 Å². The molecule has 176 valence electrons. The Kier molecular flexibility index (Phi) is 7.49. The number of esters is 1. The van der Waals surface area contributed by atoms with Crippen LogP contribution in [0.2, 0.25) is 0 Å². The zero-order valence-electron chi connectivity index (χ0n) is 19.0. The van der Waals surface area contributed by atoms with Gasteiger partial charge in [0, 0.05) is 17.0 Å². The average molecular weight is 497 g/mol. The molecular formula is C24H24N4O4S2. The smallest absolute Gasteiger partial charge is 0.341 e. The number of furan rings is 1. The van der Waals surface area contributed by atoms with Crippen LogP contribution < -0.4 is 5.32 Å². The molecule has 4 rings (SSSR count). The van der Waals surface area contributed by atoms with Crippen molar-refractivity contribution in [3.05, 3.63) is 59.7 Å². The van der Waals surface area contributed by atoms with Crippen molar-refractivity contribution in [1.82, 2.24) is 14.8 Å². The van der Waals surface area contributed by atoms with Gasteiger partial charge in [0.15, 0.2) is 10.9 Å². The summed E-state index contributed by atoms with van der Waals surface area (Å²) in [4.78, 5) is 25.5. The maximum absolute atomic E-state index is 12.8. The van der Waals surface area contributed by atoms with E-state index in [2.05, 4.69) is 15.5 Å². The van der Waals surface area contributed by atoms with E-state index in [0.717, 1.165) is 11.1 Å². The van der Waals surface area contributed by atoms with Crippen molar-refractivity contribution in [3.8, 4) is 22.7 Å². The molecule has 0 bridgehead atoms. The molecular weight excluding hydrogens is 472 g/mol. The van der Waals surface area contributed by atoms with Crippen molar-refractivity contribution >= 4 is 40.0 Å². The molecule has 1 aromatic carbocycles. The molecule has 0 radical (unpaired) electrons. The molecule has 0 fully saturated rings. The molecule has 0 aliphatic carbocycles. The maximum atomic E-state index is 12.8. The molecule has 0 spiro atoms. The number of carbonyl (C=O) groups is 2. The number of ether oxygens (including phenoxy) is 1. The minimum absolute atomic E-state index is 0.0711. The monoisotopic (exact) mass is 496 g/mol. The highest BCUT2D eigenvalue weighted by atomic mass is 32.2. The first-order valence-electron chi connectivity index (χ1n) is 10.7. The fourth-order valence-electron chi connectivity index (χ4n) is 3.39. The summed E-state index contributed by atoms with van der Waals surface area (Å²) in [5.41, 5.74) is 1.98. The van der Waals surface area contributed by atoms with E-state index in [4.69, 9.17) is 9.15 Å². The molecule has 0 saturated carbocycles. The van der Waals surface area contributed by atoms with E-state index in [1.165, 1.54) is 23.1 Å². The summed E-state index contributed by atoms with van der Waals surface area (Å²) in [6, 6.07) is 13.2. The Morgan fingerprint density at radius 2 is 1.97 bits per heavy atom. The third-order valence-corrected chi connectivity index (χ3v) is 6.70. The van der Waals surface area contributed by atoms with E-state index in [0.29, 0.717) is 27.3 Å². The first kappa shape index (κ1) is 23.8. The van der Waals surface area contributed by atoms with E-state index in [1.54, 1.807) is 19.3 Å². The second kappa shape index (κ2) is 10.7. The van der Waals surface area contributed by atoms with Crippen LogP contribution in [-0.2, 0) is 9.53 Å². The standard InChI is InChI=1S/C24H24N4O4S2/c1-4-31-23(30)20-17(16-9-6-5-7-10-16)13-33-22(20)25-19(29)14-34-24-27-26-21(28(24)15(2)3)18-11-8-12-32-18/h5-13,15H,4,14H2,1-3H3,(H,25,29). The Bertz CT molecular complexity index is 1260. The number of amides is 1. The van der Waals surface area contributed by atoms with Gasteiger partial charge in [0.05, 0.1) is 18.6 Å². The number of benzene rings is 1. The van der Waals surface area contributed by atoms with Crippen molar-refractivity contribution in [2.45, 2.75) is 32.0 Å². The summed E-state index contributed by atoms with van der Waals surface area (Å²) >= 11 is 2.57. The number of thioether (sulfide) groups is 1. The predicted octanol–water partition coefficient (Wildman–Crippen LogP) is 5.76. The van der Waals surface area contributed by atoms with Crippen LogP contribution in [0.5, 0.6) is 0 Å². The molecule has 0 unspecified atom stereocenters. The molecule has 1 N–H and O–H groups in total. The molecule has 34 heavy (non-hydrogen) atoms. The highest BCUT2D eigenvalue weighted by Gasteiger charge is 2.24. The minimum Gasteiger partial charge on any atom is -0.462 e. The number of aromatic nitrogens is 3. The van der Waals surface area contributed by atoms with Crippen LogP contribution in [-0.4, -0.2) is 39.0 Å². The quantitative estimate of drug-likeness (QED) is 0.232. The van der Waals surface area contributed by atoms with Crippen molar-refractivity contribution in [2.75, 3.05) is 17.7 Å². The second-order valence-corrected chi connectivity index (χ2v) is 9.35. The summed E-state index contributed by atoms with van der Waals surface area (Å²) in [5, 5.41) is 14.3. The number of carbonyl (C=O) groups excluding carboxylic acids is 2. The zero-order chi connectivity index (χ0) is 24.1. The summed E-state index contributed by atoms with van der Waals surface area (Å²) in [6.45, 7) is 6.03. The molecule has 4 aromatic rings. The van der Waals surface area contributed by atoms with Gasteiger partial charge in [-0.2, -0.15) is 0 Å². The molecule has 3 heterocycles. The number of hydrogen-bond donors (Lipinski definition) is 1. The number of rotatable bonds is 9. The van der Waals surface area contributed by atoms with Crippen molar-refractivity contribution in [1.29, 1.82) is 0 Å². The van der Waals surface area contributed by atoms with Gasteiger partial charge in [-0.1, -0.05) is 42.1 Å². The van der Waals surface area contributed by atoms with Gasteiger partial charge in [0.1, 0.15) is 10.6 Å². The van der Waals surface area contributed by atoms with E-state index in [-0.39, 0.29) is 24.3 Å². The summed E-state index contributed by atoms with van der Waals surface area (Å²) in [7, 11) is 0. The fourth-order valence-corrected chi connectivity index (χ4v) is 5.23. The van der Waals surface area contributed by atoms with Gasteiger partial charge < -0.3 is 14.5 Å². The van der Waals surface area contributed by atoms with Crippen LogP contribution in [0, 0.1) is 0 Å². The van der Waals surface area contributed by atoms with Crippen LogP contribution >= 0.6 is 23.1 Å². The number of thiophene rings is 1. The minimum atomic E-state index is -0.465. The van der Waals surface area contributed by atoms with Crippen LogP contribution in [0.15, 0.2) is 63.7 Å². The molecule has 3 aromatic heterocycles. The fraction of sp³-hybridized carbons (Fsp3) is 0.250. The van der Waals surface area contributed by atoms with Gasteiger partial charge in [0.25, 0.3) is 0 Å². The van der Waals surface area contributed by atoms with Gasteiger partial charge >= 0.3 is 5.97 Å². The van der Waals surface area contributed by atoms with Crippen LogP contribution in [0.3, 0.4) is 0 Å². The topological polar surface area (TPSA) is 99.2 Å². The molecule has 0 aliphatic heterocycles. The van der Waals surface area contributed by atoms with Crippen LogP contribution in [0.1, 0.15) is 37.2 Å². The molecule has 0 saturated heterocycles. The normalized spacial score (nSPS) is 11.1. The van der Waals surface area contributed by atoms with Gasteiger partial charge in [-0.15, -0.1) is 21.5 Å². The van der Waals surface area contributed by atoms with Gasteiger partial charge in [-0.3, -0.25) is 9.36 Å². The van der Waals surface area contributed by atoms with Crippen molar-refractivity contribution in [2.24, 2.45) is 0 Å². The molecule has 8 nitrogen and oxygen atoms in total. The van der Waals surface area contributed by atoms with Crippen LogP contribution in [0.4, 0.5) is 5.00 Å². The Morgan fingerprint density at radius 3 is 2.65 bits per heavy atom. The lowest BCUT2D eigenvalue weighted by molar-refractivity contribution is -0.113. The lowest BCUT2D eigenvalue weighted by Gasteiger charge is -2.12. The Morgan fingerprint density at radius 1 is 1.18 bits per heavy atom. The highest BCUT2D eigenvalue weighted by Crippen LogP contribution is 2.36. The molecule has 10 heteroatoms. The number of hydrogen-bond acceptors (Lipinski definition) is 8. The maximum Gasteiger partial charge on any atom is 0.341 e. The largest absolute Gasteiger partial charge is 0.462 e. The average Bonchev–Trinajstić information content (AvgIpc) is 3.57. The lowest BCUT2D eigenvalue weighted by atomic mass is 10.0. The van der Waals surface area contributed by atoms with Gasteiger partial charge in [-0.05, 0) is 38.5 Å². The first-order chi connectivity index (χ1) is 16.5. The molecule has 1 amide bonds. The Balaban J connectivity index is 1.52. The second-order valence-electron chi connectivity index (χ2n) is 7.52. The highest BCUT2D eigenvalue weighted by molar-refractivity contribution is 7.99. The molecule has 0 aliphatic rings. The van der Waals surface area contributed by atoms with Crippen molar-refractivity contribution < 1.29 is 18.7 Å². The third-order valence-electron chi connectivity index (χ3n) is 4.86. The lowest BCUT2D eigenvalue weighted by Crippen LogP contribution is -2.17. The molecule has 0 atom stereocenters. The van der Waals surface area contributed by atoms with E-state index < -0.39 is 5.97 Å². The van der Waals surface area contributed by atoms with Gasteiger partial charge in [0.2, 0.25) is 11.7 Å². The zero-order valence-corrected chi connectivity index (χ0v) is 20.6. The summed E-state index contributed by atoms with van der Waals surface area (Å²) in [6.07, 6.45) is 1.58. The third kappa shape index (κ3) is 5.07. The number of nitrogens with one attached hydrogen (secondary N) is 1. The van der Waals surface area contributed by atoms with E-state index in [9.17, 15) is 9.59 Å². The SMILES string of the molecule is CCOC(=O)c1c(-c2ccccc2)csc1NC(=O)CSc1nnc(-c2ccco2)n1C(C)C. The summed E-state index contributed by atoms with van der Waals surface area (Å²) in [5.74, 6) is 0.606. The van der Waals surface area contributed by atoms with Crippen LogP contribution in [0.25, 0.3) is 22.7 Å². The van der Waals surface area contributed by atoms with E-state index in [1.807, 2.05) is 60.2 Å². The van der Waals surface area contributed by atoms with Crippen molar-refractivity contribution in [3.63, 3.8) is 0 Å². The Hall–Kier alpha value is -3.37. The first-order valence-corrected chi connectivity index (χ1v) is 12.6. The Labute approximate surface area is 205 Å².